The topological polar surface area (TPSA) is 41.5 Å². The van der Waals surface area contributed by atoms with Crippen LogP contribution in [0.4, 0.5) is 4.39 Å². The summed E-state index contributed by atoms with van der Waals surface area (Å²) in [6, 6.07) is 14.8. The summed E-state index contributed by atoms with van der Waals surface area (Å²) in [6.45, 7) is 6.55. The lowest BCUT2D eigenvalue weighted by molar-refractivity contribution is -0.122. The summed E-state index contributed by atoms with van der Waals surface area (Å²) in [5.74, 6) is -0.280. The van der Waals surface area contributed by atoms with E-state index in [1.165, 1.54) is 23.4 Å². The summed E-state index contributed by atoms with van der Waals surface area (Å²) in [5.41, 5.74) is 5.47. The quantitative estimate of drug-likeness (QED) is 0.652. The van der Waals surface area contributed by atoms with E-state index in [9.17, 15) is 9.18 Å². The maximum atomic E-state index is 13.5. The number of hydrogen-bond acceptors (Lipinski definition) is 2. The van der Waals surface area contributed by atoms with Gasteiger partial charge in [-0.2, -0.15) is 5.10 Å². The van der Waals surface area contributed by atoms with Crippen LogP contribution >= 0.6 is 0 Å². The zero-order chi connectivity index (χ0) is 18.0. The van der Waals surface area contributed by atoms with Crippen molar-refractivity contribution in [2.75, 3.05) is 0 Å². The van der Waals surface area contributed by atoms with Crippen LogP contribution in [0, 0.1) is 11.7 Å². The van der Waals surface area contributed by atoms with Crippen LogP contribution in [-0.2, 0) is 10.2 Å². The van der Waals surface area contributed by atoms with E-state index in [-0.39, 0.29) is 29.0 Å². The van der Waals surface area contributed by atoms with Crippen molar-refractivity contribution in [1.29, 1.82) is 0 Å². The van der Waals surface area contributed by atoms with Crippen LogP contribution in [-0.4, -0.2) is 12.1 Å². The Morgan fingerprint density at radius 3 is 2.48 bits per heavy atom. The molecule has 0 aromatic heterocycles. The predicted molar refractivity (Wildman–Crippen MR) is 98.1 cm³/mol. The largest absolute Gasteiger partial charge is 0.273 e. The van der Waals surface area contributed by atoms with Gasteiger partial charge in [0, 0.05) is 11.5 Å². The van der Waals surface area contributed by atoms with Gasteiger partial charge in [0.25, 0.3) is 0 Å². The number of hydrazone groups is 1. The van der Waals surface area contributed by atoms with Crippen LogP contribution in [0.3, 0.4) is 0 Å². The summed E-state index contributed by atoms with van der Waals surface area (Å²) >= 11 is 0. The number of nitrogens with one attached hydrogen (secondary N) is 1. The number of hydrogen-bond donors (Lipinski definition) is 1. The molecule has 1 N–H and O–H groups in total. The summed E-state index contributed by atoms with van der Waals surface area (Å²) in [5, 5.41) is 3.87. The molecule has 25 heavy (non-hydrogen) atoms. The predicted octanol–water partition coefficient (Wildman–Crippen LogP) is 4.38. The molecule has 1 aliphatic rings. The van der Waals surface area contributed by atoms with E-state index in [0.717, 1.165) is 6.42 Å². The Balaban J connectivity index is 1.56. The Hall–Kier alpha value is -2.49. The Labute approximate surface area is 148 Å². The third-order valence-electron chi connectivity index (χ3n) is 4.62. The van der Waals surface area contributed by atoms with Crippen LogP contribution in [0.1, 0.15) is 49.8 Å². The molecule has 1 amide bonds. The average molecular weight is 338 g/mol. The summed E-state index contributed by atoms with van der Waals surface area (Å²) in [6.07, 6.45) is 2.17. The van der Waals surface area contributed by atoms with Crippen LogP contribution in [0.15, 0.2) is 53.6 Å². The lowest BCUT2D eigenvalue weighted by Crippen LogP contribution is -2.20. The Morgan fingerprint density at radius 2 is 1.84 bits per heavy atom. The van der Waals surface area contributed by atoms with Gasteiger partial charge in [-0.25, -0.2) is 9.82 Å². The fourth-order valence-electron chi connectivity index (χ4n) is 2.91. The van der Waals surface area contributed by atoms with Crippen LogP contribution in [0.2, 0.25) is 0 Å². The molecule has 130 valence electrons. The van der Waals surface area contributed by atoms with Gasteiger partial charge in [-0.1, -0.05) is 63.2 Å². The lowest BCUT2D eigenvalue weighted by Gasteiger charge is -2.19. The molecule has 2 aromatic carbocycles. The van der Waals surface area contributed by atoms with Crippen molar-refractivity contribution in [1.82, 2.24) is 5.43 Å². The fraction of sp³-hybridized carbons (Fsp3) is 0.333. The van der Waals surface area contributed by atoms with Gasteiger partial charge in [0.2, 0.25) is 5.91 Å². The normalized spacial score (nSPS) is 19.8. The van der Waals surface area contributed by atoms with Crippen molar-refractivity contribution in [3.63, 3.8) is 0 Å². The number of amides is 1. The van der Waals surface area contributed by atoms with E-state index in [1.807, 2.05) is 0 Å². The summed E-state index contributed by atoms with van der Waals surface area (Å²) in [4.78, 5) is 12.2. The molecule has 4 heteroatoms. The molecule has 0 aliphatic heterocycles. The second-order valence-corrected chi connectivity index (χ2v) is 7.58. The zero-order valence-corrected chi connectivity index (χ0v) is 14.8. The number of rotatable bonds is 4. The first-order valence-electron chi connectivity index (χ1n) is 8.54. The van der Waals surface area contributed by atoms with Crippen molar-refractivity contribution in [3.8, 4) is 0 Å². The van der Waals surface area contributed by atoms with Gasteiger partial charge in [0.15, 0.2) is 0 Å². The molecular weight excluding hydrogens is 315 g/mol. The second kappa shape index (κ2) is 6.79. The minimum absolute atomic E-state index is 0.0572. The second-order valence-electron chi connectivity index (χ2n) is 7.58. The van der Waals surface area contributed by atoms with Gasteiger partial charge < -0.3 is 0 Å². The molecule has 0 heterocycles. The van der Waals surface area contributed by atoms with E-state index in [0.29, 0.717) is 5.56 Å². The first-order valence-corrected chi connectivity index (χ1v) is 8.54. The van der Waals surface area contributed by atoms with E-state index in [4.69, 9.17) is 0 Å². The number of halogens is 1. The van der Waals surface area contributed by atoms with Gasteiger partial charge in [-0.05, 0) is 34.9 Å². The molecule has 0 saturated heterocycles. The third-order valence-corrected chi connectivity index (χ3v) is 4.62. The highest BCUT2D eigenvalue weighted by Gasteiger charge is 2.43. The highest BCUT2D eigenvalue weighted by molar-refractivity contribution is 5.85. The Kier molecular flexibility index (Phi) is 4.71. The van der Waals surface area contributed by atoms with Crippen LogP contribution < -0.4 is 5.43 Å². The smallest absolute Gasteiger partial charge is 0.243 e. The molecule has 0 spiro atoms. The van der Waals surface area contributed by atoms with Gasteiger partial charge in [0.05, 0.1) is 6.21 Å². The van der Waals surface area contributed by atoms with Crippen molar-refractivity contribution in [3.05, 3.63) is 71.0 Å². The van der Waals surface area contributed by atoms with Gasteiger partial charge in [-0.15, -0.1) is 0 Å². The maximum absolute atomic E-state index is 13.5. The number of carbonyl (C=O) groups excluding carboxylic acids is 1. The number of nitrogens with zero attached hydrogens (tertiary/aromatic N) is 1. The van der Waals surface area contributed by atoms with Crippen molar-refractivity contribution in [2.24, 2.45) is 11.0 Å². The van der Waals surface area contributed by atoms with E-state index >= 15 is 0 Å². The molecule has 3 rings (SSSR count). The van der Waals surface area contributed by atoms with Gasteiger partial charge in [0.1, 0.15) is 5.82 Å². The monoisotopic (exact) mass is 338 g/mol. The van der Waals surface area contributed by atoms with E-state index in [1.54, 1.807) is 18.2 Å². The third kappa shape index (κ3) is 4.13. The van der Waals surface area contributed by atoms with Crippen LogP contribution in [0.5, 0.6) is 0 Å². The minimum atomic E-state index is -0.358. The first-order chi connectivity index (χ1) is 11.9. The van der Waals surface area contributed by atoms with Gasteiger partial charge in [-0.3, -0.25) is 4.79 Å². The van der Waals surface area contributed by atoms with Crippen LogP contribution in [0.25, 0.3) is 0 Å². The average Bonchev–Trinajstić information content (AvgIpc) is 3.37. The maximum Gasteiger partial charge on any atom is 0.243 e. The van der Waals surface area contributed by atoms with E-state index in [2.05, 4.69) is 55.6 Å². The Bertz CT molecular complexity index is 790. The number of carbonyl (C=O) groups is 1. The molecule has 1 saturated carbocycles. The van der Waals surface area contributed by atoms with Gasteiger partial charge >= 0.3 is 0 Å². The van der Waals surface area contributed by atoms with Crippen molar-refractivity contribution in [2.45, 2.75) is 38.5 Å². The molecule has 1 fully saturated rings. The SMILES string of the molecule is CC(C)(C)c1ccc([C@H]2C[C@@H]2C(=O)NN=Cc2ccccc2F)cc1. The first kappa shape index (κ1) is 17.3. The highest BCUT2D eigenvalue weighted by atomic mass is 19.1. The summed E-state index contributed by atoms with van der Waals surface area (Å²) < 4.78 is 13.5. The standard InChI is InChI=1S/C21H23FN2O/c1-21(2,3)16-10-8-14(9-11-16)17-12-18(17)20(25)24-23-13-15-6-4-5-7-19(15)22/h4-11,13,17-18H,12H2,1-3H3,(H,24,25)/t17-,18+/m1/s1. The number of benzene rings is 2. The molecule has 0 bridgehead atoms. The molecule has 3 nitrogen and oxygen atoms in total. The minimum Gasteiger partial charge on any atom is -0.273 e. The fourth-order valence-corrected chi connectivity index (χ4v) is 2.91. The van der Waals surface area contributed by atoms with Crippen molar-refractivity contribution >= 4 is 12.1 Å². The molecular formula is C21H23FN2O. The zero-order valence-electron chi connectivity index (χ0n) is 14.8. The molecule has 1 aliphatic carbocycles. The highest BCUT2D eigenvalue weighted by Crippen LogP contribution is 2.47. The molecule has 2 atom stereocenters. The van der Waals surface area contributed by atoms with Crippen molar-refractivity contribution < 1.29 is 9.18 Å². The molecule has 2 aromatic rings. The molecule has 0 unspecified atom stereocenters. The lowest BCUT2D eigenvalue weighted by atomic mass is 9.86. The summed E-state index contributed by atoms with van der Waals surface area (Å²) in [7, 11) is 0. The molecule has 0 radical (unpaired) electrons. The Morgan fingerprint density at radius 1 is 1.16 bits per heavy atom. The van der Waals surface area contributed by atoms with E-state index < -0.39 is 0 Å².